The molecule has 2 aromatic rings. The Labute approximate surface area is 271 Å². The largest absolute Gasteiger partial charge is 0.513 e. The minimum atomic E-state index is -0.954. The molecule has 0 saturated heterocycles. The maximum absolute atomic E-state index is 12.9. The fraction of sp³-hybridized carbons (Fsp3) is 0.486. The Morgan fingerprint density at radius 3 is 2.02 bits per heavy atom. The third-order valence-electron chi connectivity index (χ3n) is 7.65. The van der Waals surface area contributed by atoms with E-state index >= 15 is 0 Å². The molecular formula is C35H47N3O8. The van der Waals surface area contributed by atoms with Crippen LogP contribution in [0.15, 0.2) is 77.5 Å². The first kappa shape index (κ1) is 36.1. The highest BCUT2D eigenvalue weighted by molar-refractivity contribution is 5.65. The van der Waals surface area contributed by atoms with Gasteiger partial charge in [-0.05, 0) is 38.4 Å². The number of carbonyl (C=O) groups excluding carboxylic acids is 2. The summed E-state index contributed by atoms with van der Waals surface area (Å²) >= 11 is 0. The Morgan fingerprint density at radius 2 is 1.41 bits per heavy atom. The zero-order valence-electron chi connectivity index (χ0n) is 27.4. The van der Waals surface area contributed by atoms with Gasteiger partial charge in [-0.2, -0.15) is 0 Å². The van der Waals surface area contributed by atoms with Crippen molar-refractivity contribution in [3.05, 3.63) is 98.8 Å². The molecule has 1 unspecified atom stereocenters. The number of nitro groups is 1. The zero-order valence-corrected chi connectivity index (χ0v) is 27.4. The van der Waals surface area contributed by atoms with Crippen molar-refractivity contribution in [2.45, 2.75) is 84.6 Å². The van der Waals surface area contributed by atoms with Gasteiger partial charge in [-0.15, -0.1) is 0 Å². The van der Waals surface area contributed by atoms with Crippen molar-refractivity contribution in [3.63, 3.8) is 0 Å². The number of hydrogen-bond acceptors (Lipinski definition) is 10. The van der Waals surface area contributed by atoms with Crippen molar-refractivity contribution in [1.29, 1.82) is 0 Å². The van der Waals surface area contributed by atoms with Crippen LogP contribution in [0.1, 0.15) is 89.2 Å². The molecule has 0 aromatic heterocycles. The number of nitrogens with one attached hydrogen (secondary N) is 1. The van der Waals surface area contributed by atoms with E-state index in [1.807, 2.05) is 42.3 Å². The van der Waals surface area contributed by atoms with Crippen molar-refractivity contribution in [2.75, 3.05) is 26.8 Å². The molecule has 0 saturated carbocycles. The van der Waals surface area contributed by atoms with Gasteiger partial charge in [0, 0.05) is 25.2 Å². The van der Waals surface area contributed by atoms with Crippen LogP contribution in [0.4, 0.5) is 15.3 Å². The molecule has 1 aliphatic heterocycles. The monoisotopic (exact) mass is 637 g/mol. The summed E-state index contributed by atoms with van der Waals surface area (Å²) in [6.45, 7) is 7.02. The number of rotatable bonds is 18. The molecule has 0 spiro atoms. The van der Waals surface area contributed by atoms with Crippen molar-refractivity contribution in [3.8, 4) is 0 Å². The van der Waals surface area contributed by atoms with Crippen molar-refractivity contribution in [2.24, 2.45) is 0 Å². The average molecular weight is 638 g/mol. The molecule has 0 fully saturated rings. The van der Waals surface area contributed by atoms with E-state index in [0.717, 1.165) is 24.8 Å². The summed E-state index contributed by atoms with van der Waals surface area (Å²) in [7, 11) is 1.92. The molecule has 2 aromatic carbocycles. The molecule has 1 N–H and O–H groups in total. The van der Waals surface area contributed by atoms with E-state index in [2.05, 4.69) is 12.2 Å². The van der Waals surface area contributed by atoms with Gasteiger partial charge >= 0.3 is 12.3 Å². The molecule has 11 heteroatoms. The molecule has 3 rings (SSSR count). The highest BCUT2D eigenvalue weighted by Gasteiger charge is 2.36. The van der Waals surface area contributed by atoms with Crippen LogP contribution in [0.5, 0.6) is 0 Å². The van der Waals surface area contributed by atoms with E-state index in [1.54, 1.807) is 19.9 Å². The Morgan fingerprint density at radius 1 is 0.826 bits per heavy atom. The first-order valence-electron chi connectivity index (χ1n) is 16.0. The van der Waals surface area contributed by atoms with Crippen molar-refractivity contribution < 1.29 is 33.5 Å². The molecule has 0 bridgehead atoms. The third-order valence-corrected chi connectivity index (χ3v) is 7.65. The molecule has 0 amide bonds. The highest BCUT2D eigenvalue weighted by Crippen LogP contribution is 2.40. The van der Waals surface area contributed by atoms with Crippen LogP contribution in [0.3, 0.4) is 0 Å². The summed E-state index contributed by atoms with van der Waals surface area (Å²) in [6, 6.07) is 15.8. The van der Waals surface area contributed by atoms with Crippen molar-refractivity contribution >= 4 is 18.0 Å². The van der Waals surface area contributed by atoms with E-state index in [-0.39, 0.29) is 30.4 Å². The predicted octanol–water partition coefficient (Wildman–Crippen LogP) is 8.32. The minimum absolute atomic E-state index is 0.0761. The first-order valence-corrected chi connectivity index (χ1v) is 16.0. The molecule has 0 radical (unpaired) electrons. The number of benzene rings is 2. The Bertz CT molecular complexity index is 1360. The maximum Gasteiger partial charge on any atom is 0.513 e. The van der Waals surface area contributed by atoms with Gasteiger partial charge in [0.1, 0.15) is 24.0 Å². The number of hydrogen-bond donors (Lipinski definition) is 1. The molecule has 0 aliphatic carbocycles. The quantitative estimate of drug-likeness (QED) is 0.0737. The number of dihydropyridines is 1. The SMILES string of the molecule is CCCCCCCCCCOC(=O)OC1=C(C)NC(C)=C(OC(=O)OCCN(C)Cc2ccccc2)C1c1cccc([N+](=O)[O-])c1. The molecule has 1 aliphatic rings. The Balaban J connectivity index is 1.65. The fourth-order valence-electron chi connectivity index (χ4n) is 5.24. The van der Waals surface area contributed by atoms with Gasteiger partial charge in [-0.3, -0.25) is 15.0 Å². The summed E-state index contributed by atoms with van der Waals surface area (Å²) in [4.78, 5) is 38.8. The normalized spacial score (nSPS) is 14.6. The van der Waals surface area contributed by atoms with Crippen LogP contribution in [-0.4, -0.2) is 48.9 Å². The average Bonchev–Trinajstić information content (AvgIpc) is 3.03. The third kappa shape index (κ3) is 11.8. The minimum Gasteiger partial charge on any atom is -0.434 e. The van der Waals surface area contributed by atoms with Crippen LogP contribution < -0.4 is 5.32 Å². The number of ether oxygens (including phenoxy) is 4. The number of nitro benzene ring substituents is 1. The summed E-state index contributed by atoms with van der Waals surface area (Å²) in [6.07, 6.45) is 6.98. The molecule has 1 atom stereocenters. The summed E-state index contributed by atoms with van der Waals surface area (Å²) in [5, 5.41) is 14.7. The summed E-state index contributed by atoms with van der Waals surface area (Å²) < 4.78 is 22.1. The van der Waals surface area contributed by atoms with E-state index in [4.69, 9.17) is 18.9 Å². The predicted molar refractivity (Wildman–Crippen MR) is 175 cm³/mol. The summed E-state index contributed by atoms with van der Waals surface area (Å²) in [5.41, 5.74) is 2.30. The lowest BCUT2D eigenvalue weighted by Gasteiger charge is -2.30. The van der Waals surface area contributed by atoms with Crippen LogP contribution in [0.25, 0.3) is 0 Å². The second kappa shape index (κ2) is 19.2. The number of unbranched alkanes of at least 4 members (excludes halogenated alkanes) is 7. The highest BCUT2D eigenvalue weighted by atomic mass is 16.7. The number of likely N-dealkylation sites (N-methyl/N-ethyl adjacent to an activating group) is 1. The lowest BCUT2D eigenvalue weighted by Crippen LogP contribution is -2.30. The van der Waals surface area contributed by atoms with Crippen LogP contribution in [0.2, 0.25) is 0 Å². The zero-order chi connectivity index (χ0) is 33.3. The van der Waals surface area contributed by atoms with Crippen LogP contribution in [0, 0.1) is 10.1 Å². The fourth-order valence-corrected chi connectivity index (χ4v) is 5.24. The number of carbonyl (C=O) groups is 2. The molecule has 46 heavy (non-hydrogen) atoms. The van der Waals surface area contributed by atoms with Crippen molar-refractivity contribution in [1.82, 2.24) is 10.2 Å². The topological polar surface area (TPSA) is 129 Å². The standard InChI is InChI=1S/C35H47N3O8/c1-5-6-7-8-9-10-11-15-22-43-34(39)45-32-26(2)36-27(3)33(31(32)29-19-16-20-30(24-29)38(41)42)46-35(40)44-23-21-37(4)25-28-17-13-12-14-18-28/h12-14,16-20,24,31,36H,5-11,15,21-23,25H2,1-4H3. The Hall–Kier alpha value is -4.38. The number of non-ortho nitro benzene ring substituents is 1. The van der Waals surface area contributed by atoms with Gasteiger partial charge in [0.15, 0.2) is 0 Å². The lowest BCUT2D eigenvalue weighted by molar-refractivity contribution is -0.384. The molecule has 250 valence electrons. The number of nitrogens with zero attached hydrogens (tertiary/aromatic N) is 2. The van der Waals surface area contributed by atoms with Gasteiger partial charge in [0.25, 0.3) is 5.69 Å². The second-order valence-electron chi connectivity index (χ2n) is 11.5. The van der Waals surface area contributed by atoms with Crippen LogP contribution >= 0.6 is 0 Å². The van der Waals surface area contributed by atoms with Gasteiger partial charge < -0.3 is 24.3 Å². The van der Waals surface area contributed by atoms with Gasteiger partial charge in [0.05, 0.1) is 22.9 Å². The molecular weight excluding hydrogens is 590 g/mol. The smallest absolute Gasteiger partial charge is 0.434 e. The maximum atomic E-state index is 12.9. The summed E-state index contributed by atoms with van der Waals surface area (Å²) in [5.74, 6) is -0.748. The number of allylic oxidation sites excluding steroid dienone is 2. The van der Waals surface area contributed by atoms with Gasteiger partial charge in [-0.25, -0.2) is 9.59 Å². The van der Waals surface area contributed by atoms with Gasteiger partial charge in [0.2, 0.25) is 0 Å². The van der Waals surface area contributed by atoms with Gasteiger partial charge in [-0.1, -0.05) is 94.3 Å². The van der Waals surface area contributed by atoms with E-state index < -0.39 is 23.2 Å². The molecule has 11 nitrogen and oxygen atoms in total. The van der Waals surface area contributed by atoms with E-state index in [0.29, 0.717) is 36.5 Å². The first-order chi connectivity index (χ1) is 22.2. The lowest BCUT2D eigenvalue weighted by atomic mass is 9.90. The van der Waals surface area contributed by atoms with E-state index in [9.17, 15) is 19.7 Å². The second-order valence-corrected chi connectivity index (χ2v) is 11.5. The van der Waals surface area contributed by atoms with Crippen LogP contribution in [-0.2, 0) is 25.5 Å². The van der Waals surface area contributed by atoms with E-state index in [1.165, 1.54) is 43.9 Å². The molecule has 1 heterocycles. The Kier molecular flexibility index (Phi) is 15.1.